The average Bonchev–Trinajstić information content (AvgIpc) is 3.62. The molecule has 4 aromatic rings. The van der Waals surface area contributed by atoms with E-state index in [1.54, 1.807) is 18.6 Å². The molecule has 41 heavy (non-hydrogen) atoms. The third-order valence-electron chi connectivity index (χ3n) is 7.11. The summed E-state index contributed by atoms with van der Waals surface area (Å²) < 4.78 is 46.6. The van der Waals surface area contributed by atoms with Gasteiger partial charge in [-0.3, -0.25) is 9.59 Å². The number of hydrogen-bond donors (Lipinski definition) is 1. The number of aromatic nitrogens is 2. The summed E-state index contributed by atoms with van der Waals surface area (Å²) in [5.41, 5.74) is 3.31. The molecule has 1 fully saturated rings. The highest BCUT2D eigenvalue weighted by Crippen LogP contribution is 2.36. The number of amides is 2. The number of benzene rings is 2. The van der Waals surface area contributed by atoms with Crippen molar-refractivity contribution in [3.05, 3.63) is 113 Å². The molecule has 0 aliphatic carbocycles. The minimum atomic E-state index is -4.72. The van der Waals surface area contributed by atoms with Crippen LogP contribution in [0.15, 0.2) is 83.8 Å². The zero-order chi connectivity index (χ0) is 29.0. The van der Waals surface area contributed by atoms with Gasteiger partial charge in [0.15, 0.2) is 0 Å². The normalized spacial score (nSPS) is 14.5. The largest absolute Gasteiger partial charge is 0.456 e. The lowest BCUT2D eigenvalue weighted by molar-refractivity contribution is -0.153. The molecule has 0 unspecified atom stereocenters. The number of anilines is 1. The van der Waals surface area contributed by atoms with Crippen molar-refractivity contribution in [3.8, 4) is 0 Å². The number of carbonyl (C=O) groups excluding carboxylic acids is 2. The van der Waals surface area contributed by atoms with Crippen molar-refractivity contribution in [2.45, 2.75) is 38.4 Å². The summed E-state index contributed by atoms with van der Waals surface area (Å²) in [7, 11) is 0. The van der Waals surface area contributed by atoms with Gasteiger partial charge in [0.2, 0.25) is 11.7 Å². The zero-order valence-electron chi connectivity index (χ0n) is 22.4. The van der Waals surface area contributed by atoms with Gasteiger partial charge in [-0.15, -0.1) is 0 Å². The van der Waals surface area contributed by atoms with Crippen LogP contribution in [0, 0.1) is 6.92 Å². The molecule has 1 aliphatic rings. The first-order chi connectivity index (χ1) is 19.7. The van der Waals surface area contributed by atoms with E-state index >= 15 is 0 Å². The maximum atomic E-state index is 13.3. The number of rotatable bonds is 7. The van der Waals surface area contributed by atoms with Gasteiger partial charge >= 0.3 is 6.18 Å². The predicted octanol–water partition coefficient (Wildman–Crippen LogP) is 6.52. The molecular formula is C31H29F3N4O3. The van der Waals surface area contributed by atoms with Gasteiger partial charge in [-0.25, -0.2) is 4.98 Å². The molecule has 2 aromatic carbocycles. The minimum absolute atomic E-state index is 0.0503. The van der Waals surface area contributed by atoms with Gasteiger partial charge in [0, 0.05) is 43.8 Å². The van der Waals surface area contributed by atoms with Gasteiger partial charge in [-0.05, 0) is 66.6 Å². The number of furan rings is 1. The van der Waals surface area contributed by atoms with Crippen molar-refractivity contribution in [2.24, 2.45) is 0 Å². The number of aryl methyl sites for hydroxylation is 1. The monoisotopic (exact) mass is 562 g/mol. The van der Waals surface area contributed by atoms with Gasteiger partial charge in [-0.1, -0.05) is 36.4 Å². The lowest BCUT2D eigenvalue weighted by Crippen LogP contribution is -2.38. The standard InChI is InChI=1S/C31H29F3N4O3/c1-21-18-27(29(41-21)31(32,33)34)30(40)38-15-12-25(13-16-38)24-7-9-26(10-8-24)36-28(39)11-6-22-2-4-23(5-3-22)19-37-17-14-35-20-37/h2-11,14,17-18,20,25H,12-13,15-16,19H2,1H3,(H,36,39)/b11-6+. The molecule has 1 aliphatic heterocycles. The molecule has 0 saturated carbocycles. The van der Waals surface area contributed by atoms with Gasteiger partial charge in [0.05, 0.1) is 11.9 Å². The number of alkyl halides is 3. The van der Waals surface area contributed by atoms with Crippen LogP contribution in [-0.4, -0.2) is 39.4 Å². The van der Waals surface area contributed by atoms with Crippen LogP contribution >= 0.6 is 0 Å². The lowest BCUT2D eigenvalue weighted by atomic mass is 9.89. The fourth-order valence-electron chi connectivity index (χ4n) is 4.99. The third kappa shape index (κ3) is 6.95. The number of nitrogens with one attached hydrogen (secondary N) is 1. The number of carbonyl (C=O) groups is 2. The molecule has 2 amide bonds. The van der Waals surface area contributed by atoms with Crippen LogP contribution in [0.4, 0.5) is 18.9 Å². The van der Waals surface area contributed by atoms with E-state index in [2.05, 4.69) is 10.3 Å². The van der Waals surface area contributed by atoms with Gasteiger partial charge < -0.3 is 19.2 Å². The Morgan fingerprint density at radius 1 is 1.07 bits per heavy atom. The summed E-state index contributed by atoms with van der Waals surface area (Å²) >= 11 is 0. The molecule has 3 heterocycles. The van der Waals surface area contributed by atoms with Crippen molar-refractivity contribution in [3.63, 3.8) is 0 Å². The second-order valence-electron chi connectivity index (χ2n) is 10.1. The molecule has 0 spiro atoms. The van der Waals surface area contributed by atoms with Crippen molar-refractivity contribution >= 4 is 23.6 Å². The van der Waals surface area contributed by atoms with E-state index in [-0.39, 0.29) is 17.6 Å². The zero-order valence-corrected chi connectivity index (χ0v) is 22.4. The Morgan fingerprint density at radius 3 is 2.41 bits per heavy atom. The van der Waals surface area contributed by atoms with Crippen molar-refractivity contribution in [1.29, 1.82) is 0 Å². The van der Waals surface area contributed by atoms with Gasteiger partial charge in [-0.2, -0.15) is 13.2 Å². The van der Waals surface area contributed by atoms with Crippen LogP contribution in [0.3, 0.4) is 0 Å². The molecule has 0 radical (unpaired) electrons. The fraction of sp³-hybridized carbons (Fsp3) is 0.258. The Labute approximate surface area is 235 Å². The molecule has 0 bridgehead atoms. The predicted molar refractivity (Wildman–Crippen MR) is 148 cm³/mol. The van der Waals surface area contributed by atoms with Crippen LogP contribution in [0.5, 0.6) is 0 Å². The van der Waals surface area contributed by atoms with E-state index in [1.165, 1.54) is 17.9 Å². The molecule has 0 atom stereocenters. The highest BCUT2D eigenvalue weighted by Gasteiger charge is 2.41. The summed E-state index contributed by atoms with van der Waals surface area (Å²) in [6.07, 6.45) is 5.16. The smallest absolute Gasteiger partial charge is 0.450 e. The lowest BCUT2D eigenvalue weighted by Gasteiger charge is -2.32. The SMILES string of the molecule is Cc1cc(C(=O)N2CCC(c3ccc(NC(=O)/C=C/c4ccc(Cn5ccnc5)cc4)cc3)CC2)c(C(F)(F)F)o1. The van der Waals surface area contributed by atoms with Crippen LogP contribution < -0.4 is 5.32 Å². The topological polar surface area (TPSA) is 80.4 Å². The molecule has 1 saturated heterocycles. The first-order valence-corrected chi connectivity index (χ1v) is 13.3. The Balaban J connectivity index is 1.11. The highest BCUT2D eigenvalue weighted by molar-refractivity contribution is 6.02. The molecule has 2 aromatic heterocycles. The van der Waals surface area contributed by atoms with E-state index in [0.29, 0.717) is 31.6 Å². The summed E-state index contributed by atoms with van der Waals surface area (Å²) in [6.45, 7) is 2.81. The quantitative estimate of drug-likeness (QED) is 0.260. The van der Waals surface area contributed by atoms with Crippen molar-refractivity contribution in [2.75, 3.05) is 18.4 Å². The third-order valence-corrected chi connectivity index (χ3v) is 7.11. The Bertz CT molecular complexity index is 1510. The Hall–Kier alpha value is -4.60. The highest BCUT2D eigenvalue weighted by atomic mass is 19.4. The summed E-state index contributed by atoms with van der Waals surface area (Å²) in [5, 5.41) is 2.85. The van der Waals surface area contributed by atoms with E-state index in [4.69, 9.17) is 4.42 Å². The van der Waals surface area contributed by atoms with E-state index < -0.39 is 23.4 Å². The average molecular weight is 563 g/mol. The molecule has 1 N–H and O–H groups in total. The van der Waals surface area contributed by atoms with Crippen molar-refractivity contribution < 1.29 is 27.2 Å². The summed E-state index contributed by atoms with van der Waals surface area (Å²) in [5.74, 6) is -1.94. The number of halogens is 3. The number of imidazole rings is 1. The molecule has 5 rings (SSSR count). The second-order valence-corrected chi connectivity index (χ2v) is 10.1. The van der Waals surface area contributed by atoms with Crippen LogP contribution in [0.1, 0.15) is 57.3 Å². The second kappa shape index (κ2) is 11.9. The maximum Gasteiger partial charge on any atom is 0.450 e. The number of hydrogen-bond acceptors (Lipinski definition) is 4. The summed E-state index contributed by atoms with van der Waals surface area (Å²) in [4.78, 5) is 30.7. The van der Waals surface area contributed by atoms with Crippen molar-refractivity contribution in [1.82, 2.24) is 14.5 Å². The van der Waals surface area contributed by atoms with E-state index in [1.807, 2.05) is 59.3 Å². The molecule has 10 heteroatoms. The molecule has 7 nitrogen and oxygen atoms in total. The summed E-state index contributed by atoms with van der Waals surface area (Å²) in [6, 6.07) is 16.6. The minimum Gasteiger partial charge on any atom is -0.456 e. The first-order valence-electron chi connectivity index (χ1n) is 13.3. The Kier molecular flexibility index (Phi) is 8.09. The number of nitrogens with zero attached hydrogens (tertiary/aromatic N) is 3. The fourth-order valence-corrected chi connectivity index (χ4v) is 4.99. The van der Waals surface area contributed by atoms with Crippen LogP contribution in [0.2, 0.25) is 0 Å². The van der Waals surface area contributed by atoms with Crippen LogP contribution in [0.25, 0.3) is 6.08 Å². The van der Waals surface area contributed by atoms with Gasteiger partial charge in [0.1, 0.15) is 5.76 Å². The van der Waals surface area contributed by atoms with Gasteiger partial charge in [0.25, 0.3) is 5.91 Å². The molecule has 212 valence electrons. The van der Waals surface area contributed by atoms with E-state index in [0.717, 1.165) is 29.3 Å². The Morgan fingerprint density at radius 2 is 1.78 bits per heavy atom. The van der Waals surface area contributed by atoms with E-state index in [9.17, 15) is 22.8 Å². The number of likely N-dealkylation sites (tertiary alicyclic amines) is 1. The maximum absolute atomic E-state index is 13.3. The van der Waals surface area contributed by atoms with Crippen LogP contribution in [-0.2, 0) is 17.5 Å². The molecular weight excluding hydrogens is 533 g/mol. The first kappa shape index (κ1) is 27.9. The number of piperidine rings is 1.